The number of nitrogens with one attached hydrogen (secondary N) is 5. The molecule has 2 rings (SSSR count). The highest BCUT2D eigenvalue weighted by atomic mass is 16.5. The van der Waals surface area contributed by atoms with Gasteiger partial charge < -0.3 is 41.5 Å². The van der Waals surface area contributed by atoms with Crippen molar-refractivity contribution in [2.75, 3.05) is 6.61 Å². The van der Waals surface area contributed by atoms with Crippen LogP contribution in [0.5, 0.6) is 0 Å². The minimum atomic E-state index is -1.61. The highest BCUT2D eigenvalue weighted by Crippen LogP contribution is 2.16. The van der Waals surface area contributed by atoms with Crippen molar-refractivity contribution in [3.8, 4) is 0 Å². The van der Waals surface area contributed by atoms with E-state index in [0.29, 0.717) is 23.1 Å². The molecular formula is C42H58N6O12. The fraction of sp³-hybridized carbons (Fsp3) is 0.524. The number of ketones is 1. The Labute approximate surface area is 349 Å². The largest absolute Gasteiger partial charge is 0.481 e. The zero-order valence-corrected chi connectivity index (χ0v) is 35.2. The number of carboxylic acids is 2. The predicted octanol–water partition coefficient (Wildman–Crippen LogP) is 1.93. The van der Waals surface area contributed by atoms with Gasteiger partial charge in [0.25, 0.3) is 0 Å². The molecule has 0 aliphatic rings. The van der Waals surface area contributed by atoms with Gasteiger partial charge in [-0.2, -0.15) is 0 Å². The first-order valence-corrected chi connectivity index (χ1v) is 19.7. The van der Waals surface area contributed by atoms with Crippen LogP contribution >= 0.6 is 0 Å². The van der Waals surface area contributed by atoms with Crippen LogP contribution in [0.3, 0.4) is 0 Å². The summed E-state index contributed by atoms with van der Waals surface area (Å²) < 4.78 is 5.20. The van der Waals surface area contributed by atoms with E-state index >= 15 is 0 Å². The Hall–Kier alpha value is -6.20. The maximum Gasteiger partial charge on any atom is 0.339 e. The van der Waals surface area contributed by atoms with Gasteiger partial charge in [0.05, 0.1) is 18.4 Å². The third-order valence-electron chi connectivity index (χ3n) is 9.20. The van der Waals surface area contributed by atoms with Gasteiger partial charge in [0.1, 0.15) is 24.2 Å². The number of carbonyl (C=O) groups is 9. The fourth-order valence-corrected chi connectivity index (χ4v) is 6.31. The third kappa shape index (κ3) is 18.2. The lowest BCUT2D eigenvalue weighted by Crippen LogP contribution is -2.56. The van der Waals surface area contributed by atoms with Crippen molar-refractivity contribution in [3.05, 3.63) is 65.0 Å². The van der Waals surface area contributed by atoms with Crippen LogP contribution in [-0.2, 0) is 49.5 Å². The van der Waals surface area contributed by atoms with Crippen molar-refractivity contribution in [2.24, 2.45) is 11.8 Å². The molecule has 0 saturated heterocycles. The molecule has 5 amide bonds. The number of benzene rings is 1. The lowest BCUT2D eigenvalue weighted by molar-refractivity contribution is -0.141. The van der Waals surface area contributed by atoms with Crippen LogP contribution < -0.4 is 26.6 Å². The summed E-state index contributed by atoms with van der Waals surface area (Å²) in [5.41, 5.74) is 2.06. The molecule has 5 atom stereocenters. The van der Waals surface area contributed by atoms with Gasteiger partial charge in [0, 0.05) is 38.2 Å². The number of Topliss-reactive ketones (excluding diaryl/α,β-unsaturated/α-hetero) is 1. The van der Waals surface area contributed by atoms with Gasteiger partial charge in [0.15, 0.2) is 12.4 Å². The van der Waals surface area contributed by atoms with Crippen molar-refractivity contribution in [1.82, 2.24) is 31.6 Å². The summed E-state index contributed by atoms with van der Waals surface area (Å²) in [6, 6.07) is 1.90. The van der Waals surface area contributed by atoms with Crippen molar-refractivity contribution >= 4 is 53.2 Å². The molecule has 0 aliphatic heterocycles. The molecule has 1 aromatic heterocycles. The van der Waals surface area contributed by atoms with E-state index in [2.05, 4.69) is 31.6 Å². The maximum atomic E-state index is 13.6. The second kappa shape index (κ2) is 24.7. The van der Waals surface area contributed by atoms with Gasteiger partial charge in [-0.3, -0.25) is 43.3 Å². The number of hydrogen-bond acceptors (Lipinski definition) is 11. The predicted molar refractivity (Wildman–Crippen MR) is 217 cm³/mol. The monoisotopic (exact) mass is 838 g/mol. The molecule has 1 heterocycles. The van der Waals surface area contributed by atoms with Gasteiger partial charge in [0.2, 0.25) is 29.5 Å². The van der Waals surface area contributed by atoms with Crippen LogP contribution in [0.25, 0.3) is 0 Å². The Bertz CT molecular complexity index is 1830. The molecule has 1 aromatic carbocycles. The number of rotatable bonds is 25. The molecule has 0 radical (unpaired) electrons. The van der Waals surface area contributed by atoms with Crippen LogP contribution in [0, 0.1) is 25.7 Å². The smallest absolute Gasteiger partial charge is 0.339 e. The molecule has 2 aromatic rings. The second-order valence-corrected chi connectivity index (χ2v) is 15.6. The summed E-state index contributed by atoms with van der Waals surface area (Å²) >= 11 is 0. The Morgan fingerprint density at radius 1 is 0.667 bits per heavy atom. The SMILES string of the molecule is CC(=O)N[C@@H](Cc1cccnc1)C(=O)N[C@@H](CC(=O)O)C(=O)N[C@H](CC(=O)N[C@@H](CCC(C)C)C(=O)N[C@@H](CC(=O)O)C(=O)COC(=O)c1c(C)cccc1C)CC(C)C. The van der Waals surface area contributed by atoms with E-state index in [1.807, 2.05) is 27.7 Å². The average Bonchev–Trinajstić information content (AvgIpc) is 3.14. The second-order valence-electron chi connectivity index (χ2n) is 15.6. The van der Waals surface area contributed by atoms with E-state index in [1.165, 1.54) is 19.3 Å². The molecule has 0 bridgehead atoms. The van der Waals surface area contributed by atoms with Gasteiger partial charge in [-0.15, -0.1) is 0 Å². The molecule has 328 valence electrons. The number of aromatic nitrogens is 1. The zero-order chi connectivity index (χ0) is 45.1. The molecular weight excluding hydrogens is 780 g/mol. The standard InChI is InChI=1S/C42H58N6O12/c1-23(2)13-14-30(39(56)47-31(19-36(52)53)34(50)22-60-42(59)38-25(5)10-8-11-26(38)6)46-35(51)18-29(16-24(3)4)45-40(57)33(20-37(54)55)48-41(58)32(44-27(7)49)17-28-12-9-15-43-21-28/h8-12,15,21,23-24,29-33H,13-14,16-20,22H2,1-7H3,(H,44,49)(H,45,57)(H,46,51)(H,47,56)(H,48,58)(H,52,53)(H,54,55)/t29-,30-,31-,32-,33-/m0/s1. The van der Waals surface area contributed by atoms with E-state index < -0.39 is 103 Å². The van der Waals surface area contributed by atoms with E-state index in [4.69, 9.17) is 4.74 Å². The van der Waals surface area contributed by atoms with Gasteiger partial charge in [-0.25, -0.2) is 4.79 Å². The maximum absolute atomic E-state index is 13.6. The van der Waals surface area contributed by atoms with Gasteiger partial charge >= 0.3 is 17.9 Å². The topological polar surface area (TPSA) is 276 Å². The summed E-state index contributed by atoms with van der Waals surface area (Å²) in [5.74, 6) is -8.36. The molecule has 0 aliphatic carbocycles. The number of pyridine rings is 1. The molecule has 0 fully saturated rings. The quantitative estimate of drug-likeness (QED) is 0.0706. The Balaban J connectivity index is 2.23. The van der Waals surface area contributed by atoms with Crippen LogP contribution in [0.4, 0.5) is 0 Å². The first-order chi connectivity index (χ1) is 28.2. The molecule has 60 heavy (non-hydrogen) atoms. The number of esters is 1. The first-order valence-electron chi connectivity index (χ1n) is 19.7. The summed E-state index contributed by atoms with van der Waals surface area (Å²) in [6.07, 6.45) is 1.72. The molecule has 0 saturated carbocycles. The molecule has 0 spiro atoms. The highest BCUT2D eigenvalue weighted by molar-refractivity contribution is 5.98. The van der Waals surface area contributed by atoms with E-state index in [0.717, 1.165) is 0 Å². The normalized spacial score (nSPS) is 13.5. The number of carboxylic acid groups (broad SMARTS) is 2. The highest BCUT2D eigenvalue weighted by Gasteiger charge is 2.32. The Morgan fingerprint density at radius 3 is 1.80 bits per heavy atom. The Morgan fingerprint density at radius 2 is 1.25 bits per heavy atom. The van der Waals surface area contributed by atoms with E-state index in [-0.39, 0.29) is 43.1 Å². The fourth-order valence-electron chi connectivity index (χ4n) is 6.31. The third-order valence-corrected chi connectivity index (χ3v) is 9.20. The summed E-state index contributed by atoms with van der Waals surface area (Å²) in [4.78, 5) is 120. The molecule has 18 nitrogen and oxygen atoms in total. The first kappa shape index (κ1) is 49.9. The van der Waals surface area contributed by atoms with Crippen molar-refractivity contribution in [3.63, 3.8) is 0 Å². The lowest BCUT2D eigenvalue weighted by Gasteiger charge is -2.27. The van der Waals surface area contributed by atoms with Crippen LogP contribution in [0.2, 0.25) is 0 Å². The number of aryl methyl sites for hydroxylation is 2. The number of hydrogen-bond donors (Lipinski definition) is 7. The van der Waals surface area contributed by atoms with E-state index in [9.17, 15) is 53.4 Å². The number of ether oxygens (including phenoxy) is 1. The van der Waals surface area contributed by atoms with Crippen LogP contribution in [0.1, 0.15) is 100 Å². The van der Waals surface area contributed by atoms with E-state index in [1.54, 1.807) is 44.2 Å². The lowest BCUT2D eigenvalue weighted by atomic mass is 9.98. The van der Waals surface area contributed by atoms with Gasteiger partial charge in [-0.1, -0.05) is 52.0 Å². The summed E-state index contributed by atoms with van der Waals surface area (Å²) in [5, 5.41) is 31.7. The number of amides is 5. The van der Waals surface area contributed by atoms with Crippen molar-refractivity contribution < 1.29 is 58.1 Å². The van der Waals surface area contributed by atoms with Crippen molar-refractivity contribution in [2.45, 2.75) is 124 Å². The number of carbonyl (C=O) groups excluding carboxylic acids is 7. The number of nitrogens with zero attached hydrogens (tertiary/aromatic N) is 1. The molecule has 18 heteroatoms. The molecule has 0 unspecified atom stereocenters. The Kier molecular flexibility index (Phi) is 20.5. The van der Waals surface area contributed by atoms with Gasteiger partial charge in [-0.05, 0) is 67.7 Å². The number of aliphatic carboxylic acids is 2. The minimum Gasteiger partial charge on any atom is -0.481 e. The summed E-state index contributed by atoms with van der Waals surface area (Å²) in [6.45, 7) is 11.2. The zero-order valence-electron chi connectivity index (χ0n) is 35.2. The average molecular weight is 839 g/mol. The van der Waals surface area contributed by atoms with Crippen LogP contribution in [-0.4, -0.2) is 105 Å². The van der Waals surface area contributed by atoms with Crippen molar-refractivity contribution in [1.29, 1.82) is 0 Å². The van der Waals surface area contributed by atoms with Crippen LogP contribution in [0.15, 0.2) is 42.7 Å². The summed E-state index contributed by atoms with van der Waals surface area (Å²) in [7, 11) is 0. The molecule has 7 N–H and O–H groups in total. The minimum absolute atomic E-state index is 0.00523.